The molecule has 31 heavy (non-hydrogen) atoms. The number of ether oxygens (including phenoxy) is 1. The zero-order valence-corrected chi connectivity index (χ0v) is 20.9. The lowest BCUT2D eigenvalue weighted by molar-refractivity contribution is -0.113. The summed E-state index contributed by atoms with van der Waals surface area (Å²) in [5, 5.41) is 5.56. The van der Waals surface area contributed by atoms with Crippen LogP contribution < -0.4 is 5.32 Å². The van der Waals surface area contributed by atoms with E-state index in [4.69, 9.17) is 4.74 Å². The van der Waals surface area contributed by atoms with Gasteiger partial charge in [0.05, 0.1) is 23.6 Å². The molecule has 1 aliphatic carbocycles. The summed E-state index contributed by atoms with van der Waals surface area (Å²) in [5.41, 5.74) is 3.54. The SMILES string of the molecule is CCOC(=O)c1c(NC(=O)CSc2nc(-c3ccc(Br)cc3)cs2)sc2c1CCCC2. The van der Waals surface area contributed by atoms with E-state index < -0.39 is 0 Å². The molecule has 1 N–H and O–H groups in total. The van der Waals surface area contributed by atoms with Crippen LogP contribution in [0.2, 0.25) is 0 Å². The average molecular weight is 538 g/mol. The van der Waals surface area contributed by atoms with Gasteiger partial charge in [0.25, 0.3) is 0 Å². The van der Waals surface area contributed by atoms with Crippen molar-refractivity contribution in [3.63, 3.8) is 0 Å². The summed E-state index contributed by atoms with van der Waals surface area (Å²) in [5.74, 6) is -0.253. The molecule has 2 heterocycles. The Bertz CT molecular complexity index is 1090. The minimum atomic E-state index is -0.344. The van der Waals surface area contributed by atoms with Crippen molar-refractivity contribution in [1.82, 2.24) is 4.98 Å². The summed E-state index contributed by atoms with van der Waals surface area (Å²) >= 11 is 7.87. The molecule has 0 atom stereocenters. The normalized spacial score (nSPS) is 13.0. The highest BCUT2D eigenvalue weighted by Crippen LogP contribution is 2.39. The van der Waals surface area contributed by atoms with Gasteiger partial charge in [0, 0.05) is 20.3 Å². The lowest BCUT2D eigenvalue weighted by Crippen LogP contribution is -2.17. The molecule has 2 aromatic heterocycles. The van der Waals surface area contributed by atoms with Crippen molar-refractivity contribution in [3.8, 4) is 11.3 Å². The second-order valence-electron chi connectivity index (χ2n) is 6.98. The zero-order valence-electron chi connectivity index (χ0n) is 16.9. The number of amides is 1. The first-order chi connectivity index (χ1) is 15.0. The highest BCUT2D eigenvalue weighted by molar-refractivity contribution is 9.10. The highest BCUT2D eigenvalue weighted by Gasteiger charge is 2.27. The minimum absolute atomic E-state index is 0.144. The van der Waals surface area contributed by atoms with Gasteiger partial charge in [-0.3, -0.25) is 4.79 Å². The van der Waals surface area contributed by atoms with Gasteiger partial charge >= 0.3 is 5.97 Å². The van der Waals surface area contributed by atoms with Gasteiger partial charge in [-0.1, -0.05) is 39.8 Å². The Kier molecular flexibility index (Phi) is 7.47. The number of nitrogens with zero attached hydrogens (tertiary/aromatic N) is 1. The lowest BCUT2D eigenvalue weighted by Gasteiger charge is -2.12. The molecule has 0 saturated heterocycles. The Balaban J connectivity index is 1.42. The molecular weight excluding hydrogens is 516 g/mol. The molecule has 0 spiro atoms. The number of rotatable bonds is 7. The van der Waals surface area contributed by atoms with E-state index in [1.165, 1.54) is 39.3 Å². The maximum Gasteiger partial charge on any atom is 0.341 e. The molecule has 0 bridgehead atoms. The van der Waals surface area contributed by atoms with Crippen LogP contribution in [0.25, 0.3) is 11.3 Å². The fourth-order valence-corrected chi connectivity index (χ4v) is 6.63. The number of carbonyl (C=O) groups excluding carboxylic acids is 2. The summed E-state index contributed by atoms with van der Waals surface area (Å²) in [6, 6.07) is 7.99. The van der Waals surface area contributed by atoms with Gasteiger partial charge in [0.2, 0.25) is 5.91 Å². The standard InChI is InChI=1S/C22H21BrN2O3S3/c1-2-28-21(27)19-15-5-3-4-6-17(15)31-20(19)25-18(26)12-30-22-24-16(11-29-22)13-7-9-14(23)10-8-13/h7-11H,2-6,12H2,1H3,(H,25,26). The zero-order chi connectivity index (χ0) is 21.8. The van der Waals surface area contributed by atoms with E-state index in [0.29, 0.717) is 17.2 Å². The van der Waals surface area contributed by atoms with E-state index in [2.05, 4.69) is 26.2 Å². The van der Waals surface area contributed by atoms with Crippen molar-refractivity contribution in [3.05, 3.63) is 50.1 Å². The molecule has 0 saturated carbocycles. The molecule has 162 valence electrons. The van der Waals surface area contributed by atoms with Crippen LogP contribution in [0.3, 0.4) is 0 Å². The summed E-state index contributed by atoms with van der Waals surface area (Å²) in [7, 11) is 0. The number of halogens is 1. The number of aromatic nitrogens is 1. The molecule has 9 heteroatoms. The molecule has 1 aromatic carbocycles. The van der Waals surface area contributed by atoms with E-state index in [9.17, 15) is 9.59 Å². The number of fused-ring (bicyclic) bond motifs is 1. The lowest BCUT2D eigenvalue weighted by atomic mass is 9.95. The van der Waals surface area contributed by atoms with Gasteiger partial charge < -0.3 is 10.1 Å². The molecule has 1 aliphatic rings. The van der Waals surface area contributed by atoms with Crippen LogP contribution >= 0.6 is 50.4 Å². The molecule has 3 aromatic rings. The first-order valence-electron chi connectivity index (χ1n) is 10.0. The van der Waals surface area contributed by atoms with Crippen molar-refractivity contribution < 1.29 is 14.3 Å². The van der Waals surface area contributed by atoms with Gasteiger partial charge in [-0.25, -0.2) is 9.78 Å². The van der Waals surface area contributed by atoms with Crippen LogP contribution in [0.15, 0.2) is 38.5 Å². The summed E-state index contributed by atoms with van der Waals surface area (Å²) in [6.07, 6.45) is 3.99. The molecule has 0 fully saturated rings. The van der Waals surface area contributed by atoms with Crippen molar-refractivity contribution in [1.29, 1.82) is 0 Å². The number of hydrogen-bond acceptors (Lipinski definition) is 7. The van der Waals surface area contributed by atoms with Crippen LogP contribution in [0, 0.1) is 0 Å². The van der Waals surface area contributed by atoms with Crippen LogP contribution in [0.1, 0.15) is 40.6 Å². The monoisotopic (exact) mass is 536 g/mol. The Labute approximate surface area is 201 Å². The number of carbonyl (C=O) groups is 2. The number of nitrogens with one attached hydrogen (secondary N) is 1. The number of esters is 1. The molecule has 1 amide bonds. The third kappa shape index (κ3) is 5.39. The van der Waals surface area contributed by atoms with Gasteiger partial charge in [0.1, 0.15) is 5.00 Å². The third-order valence-electron chi connectivity index (χ3n) is 4.85. The quantitative estimate of drug-likeness (QED) is 0.278. The number of aryl methyl sites for hydroxylation is 1. The fourth-order valence-electron chi connectivity index (χ4n) is 3.44. The summed E-state index contributed by atoms with van der Waals surface area (Å²) in [4.78, 5) is 31.0. The Morgan fingerprint density at radius 3 is 2.77 bits per heavy atom. The van der Waals surface area contributed by atoms with E-state index in [1.807, 2.05) is 29.6 Å². The second kappa shape index (κ2) is 10.3. The highest BCUT2D eigenvalue weighted by atomic mass is 79.9. The Morgan fingerprint density at radius 1 is 1.23 bits per heavy atom. The van der Waals surface area contributed by atoms with Gasteiger partial charge in [-0.15, -0.1) is 22.7 Å². The minimum Gasteiger partial charge on any atom is -0.462 e. The number of thioether (sulfide) groups is 1. The van der Waals surface area contributed by atoms with Gasteiger partial charge in [0.15, 0.2) is 4.34 Å². The first kappa shape index (κ1) is 22.5. The first-order valence-corrected chi connectivity index (χ1v) is 13.5. The fraction of sp³-hybridized carbons (Fsp3) is 0.318. The molecule has 0 aliphatic heterocycles. The largest absolute Gasteiger partial charge is 0.462 e. The average Bonchev–Trinajstić information content (AvgIpc) is 3.37. The van der Waals surface area contributed by atoms with Gasteiger partial charge in [-0.05, 0) is 50.3 Å². The number of hydrogen-bond donors (Lipinski definition) is 1. The van der Waals surface area contributed by atoms with E-state index in [-0.39, 0.29) is 17.6 Å². The van der Waals surface area contributed by atoms with Crippen LogP contribution in [0.5, 0.6) is 0 Å². The van der Waals surface area contributed by atoms with E-state index in [1.54, 1.807) is 6.92 Å². The van der Waals surface area contributed by atoms with Crippen molar-refractivity contribution in [2.75, 3.05) is 17.7 Å². The van der Waals surface area contributed by atoms with Gasteiger partial charge in [-0.2, -0.15) is 0 Å². The third-order valence-corrected chi connectivity index (χ3v) is 8.61. The van der Waals surface area contributed by atoms with E-state index in [0.717, 1.165) is 51.3 Å². The summed E-state index contributed by atoms with van der Waals surface area (Å²) < 4.78 is 7.12. The number of benzene rings is 1. The predicted octanol–water partition coefficient (Wildman–Crippen LogP) is 6.42. The smallest absolute Gasteiger partial charge is 0.341 e. The molecule has 0 radical (unpaired) electrons. The van der Waals surface area contributed by atoms with Crippen molar-refractivity contribution in [2.45, 2.75) is 36.9 Å². The van der Waals surface area contributed by atoms with Crippen LogP contribution in [-0.4, -0.2) is 29.2 Å². The Morgan fingerprint density at radius 2 is 2.00 bits per heavy atom. The van der Waals surface area contributed by atoms with Crippen molar-refractivity contribution >= 4 is 67.2 Å². The number of thiazole rings is 1. The second-order valence-corrected chi connectivity index (χ2v) is 11.1. The predicted molar refractivity (Wildman–Crippen MR) is 132 cm³/mol. The molecule has 0 unspecified atom stereocenters. The molecule has 4 rings (SSSR count). The Hall–Kier alpha value is -1.68. The topological polar surface area (TPSA) is 68.3 Å². The van der Waals surface area contributed by atoms with Crippen molar-refractivity contribution in [2.24, 2.45) is 0 Å². The van der Waals surface area contributed by atoms with Crippen LogP contribution in [0.4, 0.5) is 5.00 Å². The molecule has 5 nitrogen and oxygen atoms in total. The number of thiophene rings is 1. The van der Waals surface area contributed by atoms with Crippen LogP contribution in [-0.2, 0) is 22.4 Å². The summed E-state index contributed by atoms with van der Waals surface area (Å²) in [6.45, 7) is 2.11. The molecular formula is C22H21BrN2O3S3. The maximum atomic E-state index is 12.6. The number of anilines is 1. The maximum absolute atomic E-state index is 12.6. The van der Waals surface area contributed by atoms with E-state index >= 15 is 0 Å².